The van der Waals surface area contributed by atoms with Crippen LogP contribution < -0.4 is 0 Å². The smallest absolute Gasteiger partial charge is 0.0772 e. The maximum absolute atomic E-state index is 11.5. The van der Waals surface area contributed by atoms with E-state index in [0.29, 0.717) is 0 Å². The van der Waals surface area contributed by atoms with Gasteiger partial charge in [0.2, 0.25) is 0 Å². The molecule has 0 rings (SSSR count). The van der Waals surface area contributed by atoms with Gasteiger partial charge < -0.3 is 5.11 Å². The first-order valence-electron chi connectivity index (χ1n) is 13.0. The minimum Gasteiger partial charge on any atom is -0.389 e. The Hall–Kier alpha value is 0.440. The molecule has 0 saturated carbocycles. The first-order chi connectivity index (χ1) is 13.6. The summed E-state index contributed by atoms with van der Waals surface area (Å²) >= 11 is 3.92. The summed E-state index contributed by atoms with van der Waals surface area (Å²) in [5.41, 5.74) is -0.487. The first kappa shape index (κ1) is 28.4. The van der Waals surface area contributed by atoms with Crippen molar-refractivity contribution in [2.45, 2.75) is 166 Å². The van der Waals surface area contributed by atoms with Crippen LogP contribution >= 0.6 is 15.9 Å². The lowest BCUT2D eigenvalue weighted by Gasteiger charge is -2.34. The normalized spacial score (nSPS) is 13.2. The molecule has 1 nitrogen and oxygen atoms in total. The minimum absolute atomic E-state index is 0.275. The molecular formula is C26H53BrO. The lowest BCUT2D eigenvalue weighted by molar-refractivity contribution is 0.0149. The van der Waals surface area contributed by atoms with Gasteiger partial charge in [0.25, 0.3) is 0 Å². The van der Waals surface area contributed by atoms with Crippen molar-refractivity contribution in [2.75, 3.05) is 0 Å². The molecule has 0 spiro atoms. The second-order valence-corrected chi connectivity index (χ2v) is 10.3. The highest BCUT2D eigenvalue weighted by Gasteiger charge is 2.33. The number of rotatable bonds is 22. The molecule has 170 valence electrons. The van der Waals surface area contributed by atoms with Crippen molar-refractivity contribution < 1.29 is 5.11 Å². The fraction of sp³-hybridized carbons (Fsp3) is 1.00. The zero-order chi connectivity index (χ0) is 20.9. The summed E-state index contributed by atoms with van der Waals surface area (Å²) < 4.78 is 0. The standard InChI is InChI=1S/C26H53BrO/c1-4-7-10-13-16-19-22-25(27)26(28,23-20-17-14-11-8-5-2)24-21-18-15-12-9-6-3/h25,28H,4-24H2,1-3H3. The lowest BCUT2D eigenvalue weighted by Crippen LogP contribution is -2.38. The van der Waals surface area contributed by atoms with Gasteiger partial charge >= 0.3 is 0 Å². The monoisotopic (exact) mass is 460 g/mol. The van der Waals surface area contributed by atoms with Crippen molar-refractivity contribution in [3.05, 3.63) is 0 Å². The van der Waals surface area contributed by atoms with Crippen molar-refractivity contribution in [1.82, 2.24) is 0 Å². The van der Waals surface area contributed by atoms with Crippen molar-refractivity contribution in [3.63, 3.8) is 0 Å². The Kier molecular flexibility index (Phi) is 21.0. The molecule has 0 heterocycles. The summed E-state index contributed by atoms with van der Waals surface area (Å²) in [6.45, 7) is 6.83. The third-order valence-corrected chi connectivity index (χ3v) is 7.63. The van der Waals surface area contributed by atoms with E-state index in [1.54, 1.807) is 0 Å². The van der Waals surface area contributed by atoms with Crippen LogP contribution in [0, 0.1) is 0 Å². The van der Waals surface area contributed by atoms with Crippen molar-refractivity contribution >= 4 is 15.9 Å². The molecule has 0 aliphatic rings. The molecule has 2 heteroatoms. The fourth-order valence-corrected chi connectivity index (χ4v) is 5.02. The van der Waals surface area contributed by atoms with E-state index in [1.807, 2.05) is 0 Å². The lowest BCUT2D eigenvalue weighted by atomic mass is 9.85. The highest BCUT2D eigenvalue weighted by molar-refractivity contribution is 9.09. The number of hydrogen-bond acceptors (Lipinski definition) is 1. The van der Waals surface area contributed by atoms with E-state index in [0.717, 1.165) is 19.3 Å². The summed E-state index contributed by atoms with van der Waals surface area (Å²) in [7, 11) is 0. The predicted octanol–water partition coefficient (Wildman–Crippen LogP) is 9.73. The van der Waals surface area contributed by atoms with Crippen LogP contribution in [-0.4, -0.2) is 15.5 Å². The molecule has 1 N–H and O–H groups in total. The molecule has 0 saturated heterocycles. The Bertz CT molecular complexity index is 289. The van der Waals surface area contributed by atoms with E-state index in [9.17, 15) is 5.11 Å². The SMILES string of the molecule is CCCCCCCCC(Br)C(O)(CCCCCCCC)CCCCCCCC. The molecule has 0 aromatic rings. The third-order valence-electron chi connectivity index (χ3n) is 6.32. The van der Waals surface area contributed by atoms with Crippen LogP contribution in [0.4, 0.5) is 0 Å². The van der Waals surface area contributed by atoms with Crippen LogP contribution in [0.2, 0.25) is 0 Å². The maximum Gasteiger partial charge on any atom is 0.0772 e. The number of halogens is 1. The second-order valence-electron chi connectivity index (χ2n) is 9.16. The van der Waals surface area contributed by atoms with Gasteiger partial charge in [0, 0.05) is 4.83 Å². The quantitative estimate of drug-likeness (QED) is 0.126. The fourth-order valence-electron chi connectivity index (χ4n) is 4.23. The molecule has 0 aliphatic heterocycles. The molecule has 0 aromatic carbocycles. The first-order valence-corrected chi connectivity index (χ1v) is 13.9. The van der Waals surface area contributed by atoms with Crippen LogP contribution in [0.25, 0.3) is 0 Å². The number of unbranched alkanes of at least 4 members (excludes halogenated alkanes) is 15. The number of hydrogen-bond donors (Lipinski definition) is 1. The van der Waals surface area contributed by atoms with Crippen molar-refractivity contribution in [3.8, 4) is 0 Å². The second kappa shape index (κ2) is 20.7. The van der Waals surface area contributed by atoms with E-state index in [2.05, 4.69) is 36.7 Å². The molecule has 0 aliphatic carbocycles. The maximum atomic E-state index is 11.5. The molecule has 28 heavy (non-hydrogen) atoms. The summed E-state index contributed by atoms with van der Waals surface area (Å²) in [4.78, 5) is 0.275. The van der Waals surface area contributed by atoms with Crippen molar-refractivity contribution in [1.29, 1.82) is 0 Å². The van der Waals surface area contributed by atoms with Gasteiger partial charge in [0.05, 0.1) is 5.60 Å². The molecule has 1 atom stereocenters. The summed E-state index contributed by atoms with van der Waals surface area (Å²) in [5.74, 6) is 0. The molecule has 0 aromatic heterocycles. The Morgan fingerprint density at radius 3 is 1.25 bits per heavy atom. The topological polar surface area (TPSA) is 20.2 Å². The zero-order valence-electron chi connectivity index (χ0n) is 19.8. The average molecular weight is 462 g/mol. The zero-order valence-corrected chi connectivity index (χ0v) is 21.3. The van der Waals surface area contributed by atoms with E-state index >= 15 is 0 Å². The van der Waals surface area contributed by atoms with Gasteiger partial charge in [0.15, 0.2) is 0 Å². The van der Waals surface area contributed by atoms with E-state index in [1.165, 1.54) is 116 Å². The van der Waals surface area contributed by atoms with Gasteiger partial charge in [-0.25, -0.2) is 0 Å². The molecule has 0 radical (unpaired) electrons. The number of alkyl halides is 1. The van der Waals surface area contributed by atoms with Gasteiger partial charge in [-0.1, -0.05) is 152 Å². The Morgan fingerprint density at radius 1 is 0.536 bits per heavy atom. The summed E-state index contributed by atoms with van der Waals surface area (Å²) in [6.07, 6.45) is 26.8. The largest absolute Gasteiger partial charge is 0.389 e. The molecule has 0 bridgehead atoms. The average Bonchev–Trinajstić information content (AvgIpc) is 2.69. The van der Waals surface area contributed by atoms with Crippen LogP contribution in [0.3, 0.4) is 0 Å². The Balaban J connectivity index is 4.26. The van der Waals surface area contributed by atoms with Gasteiger partial charge in [0.1, 0.15) is 0 Å². The molecular weight excluding hydrogens is 408 g/mol. The van der Waals surface area contributed by atoms with Gasteiger partial charge in [-0.3, -0.25) is 0 Å². The van der Waals surface area contributed by atoms with Crippen LogP contribution in [0.5, 0.6) is 0 Å². The Labute approximate surface area is 187 Å². The van der Waals surface area contributed by atoms with E-state index in [4.69, 9.17) is 0 Å². The van der Waals surface area contributed by atoms with Gasteiger partial charge in [-0.05, 0) is 19.3 Å². The van der Waals surface area contributed by atoms with E-state index in [-0.39, 0.29) is 4.83 Å². The highest BCUT2D eigenvalue weighted by atomic mass is 79.9. The summed E-state index contributed by atoms with van der Waals surface area (Å²) in [6, 6.07) is 0. The van der Waals surface area contributed by atoms with Gasteiger partial charge in [-0.15, -0.1) is 0 Å². The number of aliphatic hydroxyl groups is 1. The molecule has 0 fully saturated rings. The van der Waals surface area contributed by atoms with E-state index < -0.39 is 5.60 Å². The highest BCUT2D eigenvalue weighted by Crippen LogP contribution is 2.34. The van der Waals surface area contributed by atoms with Crippen LogP contribution in [-0.2, 0) is 0 Å². The van der Waals surface area contributed by atoms with Crippen LogP contribution in [0.15, 0.2) is 0 Å². The van der Waals surface area contributed by atoms with Crippen molar-refractivity contribution in [2.24, 2.45) is 0 Å². The van der Waals surface area contributed by atoms with Gasteiger partial charge in [-0.2, -0.15) is 0 Å². The predicted molar refractivity (Wildman–Crippen MR) is 132 cm³/mol. The Morgan fingerprint density at radius 2 is 0.857 bits per heavy atom. The minimum atomic E-state index is -0.487. The third kappa shape index (κ3) is 16.3. The molecule has 1 unspecified atom stereocenters. The molecule has 0 amide bonds. The van der Waals surface area contributed by atoms with Crippen LogP contribution in [0.1, 0.15) is 156 Å². The summed E-state index contributed by atoms with van der Waals surface area (Å²) in [5, 5.41) is 11.5.